The minimum absolute atomic E-state index is 0.00454. The Bertz CT molecular complexity index is 657. The van der Waals surface area contributed by atoms with Crippen LogP contribution in [0.5, 0.6) is 11.5 Å². The van der Waals surface area contributed by atoms with E-state index >= 15 is 0 Å². The fourth-order valence-corrected chi connectivity index (χ4v) is 4.38. The van der Waals surface area contributed by atoms with Crippen molar-refractivity contribution in [3.63, 3.8) is 0 Å². The van der Waals surface area contributed by atoms with E-state index in [1.807, 2.05) is 12.1 Å². The molecule has 1 aromatic carbocycles. The lowest BCUT2D eigenvalue weighted by atomic mass is 9.74. The second-order valence-electron chi connectivity index (χ2n) is 6.58. The van der Waals surface area contributed by atoms with E-state index in [4.69, 9.17) is 14.2 Å². The number of rotatable bonds is 2. The average molecular weight is 317 g/mol. The van der Waals surface area contributed by atoms with Crippen molar-refractivity contribution in [2.45, 2.75) is 37.2 Å². The summed E-state index contributed by atoms with van der Waals surface area (Å²) in [6, 6.07) is 4.22. The van der Waals surface area contributed by atoms with E-state index in [9.17, 15) is 5.11 Å². The van der Waals surface area contributed by atoms with Crippen LogP contribution in [-0.4, -0.2) is 50.0 Å². The average Bonchev–Trinajstić information content (AvgIpc) is 2.95. The van der Waals surface area contributed by atoms with E-state index in [0.717, 1.165) is 30.5 Å². The Morgan fingerprint density at radius 1 is 1.17 bits per heavy atom. The van der Waals surface area contributed by atoms with Crippen molar-refractivity contribution in [2.24, 2.45) is 0 Å². The third-order valence-corrected chi connectivity index (χ3v) is 5.48. The van der Waals surface area contributed by atoms with Crippen LogP contribution in [0.25, 0.3) is 0 Å². The molecule has 5 heteroatoms. The molecule has 0 unspecified atom stereocenters. The number of likely N-dealkylation sites (N-methyl/N-ethyl adjacent to an activating group) is 1. The molecular weight excluding hydrogens is 294 g/mol. The summed E-state index contributed by atoms with van der Waals surface area (Å²) in [5.41, 5.74) is 3.41. The summed E-state index contributed by atoms with van der Waals surface area (Å²) in [5, 5.41) is 10.4. The van der Waals surface area contributed by atoms with Gasteiger partial charge in [0, 0.05) is 24.1 Å². The molecule has 0 spiro atoms. The van der Waals surface area contributed by atoms with E-state index < -0.39 is 6.29 Å². The smallest absolute Gasteiger partial charge is 0.181 e. The number of nitrogens with zero attached hydrogens (tertiary/aromatic N) is 1. The number of aliphatic hydroxyl groups is 1. The van der Waals surface area contributed by atoms with Gasteiger partial charge in [0.2, 0.25) is 0 Å². The predicted molar refractivity (Wildman–Crippen MR) is 85.9 cm³/mol. The van der Waals surface area contributed by atoms with Gasteiger partial charge in [0.05, 0.1) is 20.3 Å². The highest BCUT2D eigenvalue weighted by molar-refractivity contribution is 5.52. The molecule has 0 amide bonds. The van der Waals surface area contributed by atoms with E-state index in [2.05, 4.69) is 18.0 Å². The molecule has 1 saturated heterocycles. The number of hydrogen-bond donors (Lipinski definition) is 1. The van der Waals surface area contributed by atoms with E-state index in [0.29, 0.717) is 17.5 Å². The highest BCUT2D eigenvalue weighted by Gasteiger charge is 2.46. The lowest BCUT2D eigenvalue weighted by Gasteiger charge is -2.44. The quantitative estimate of drug-likeness (QED) is 0.848. The van der Waals surface area contributed by atoms with Crippen LogP contribution in [0.2, 0.25) is 0 Å². The first-order chi connectivity index (χ1) is 11.1. The molecule has 0 radical (unpaired) electrons. The first kappa shape index (κ1) is 15.0. The van der Waals surface area contributed by atoms with Crippen LogP contribution < -0.4 is 9.47 Å². The van der Waals surface area contributed by atoms with E-state index in [1.54, 1.807) is 14.2 Å². The number of hydrogen-bond acceptors (Lipinski definition) is 5. The van der Waals surface area contributed by atoms with Crippen LogP contribution in [-0.2, 0) is 4.74 Å². The number of ether oxygens (including phenoxy) is 3. The van der Waals surface area contributed by atoms with E-state index in [-0.39, 0.29) is 12.0 Å². The molecule has 1 fully saturated rings. The molecule has 1 aliphatic carbocycles. The molecule has 0 aromatic heterocycles. The third kappa shape index (κ3) is 2.18. The molecule has 1 aromatic rings. The number of aliphatic hydroxyl groups excluding tert-OH is 1. The summed E-state index contributed by atoms with van der Waals surface area (Å²) in [6.45, 7) is 1.07. The van der Waals surface area contributed by atoms with Crippen molar-refractivity contribution in [3.8, 4) is 11.5 Å². The molecule has 0 bridgehead atoms. The second kappa shape index (κ2) is 5.51. The van der Waals surface area contributed by atoms with Gasteiger partial charge in [-0.2, -0.15) is 0 Å². The molecule has 4 atom stereocenters. The minimum atomic E-state index is -0.910. The lowest BCUT2D eigenvalue weighted by Crippen LogP contribution is -2.44. The number of fused-ring (bicyclic) bond motifs is 5. The molecule has 124 valence electrons. The van der Waals surface area contributed by atoms with Crippen molar-refractivity contribution in [2.75, 3.05) is 27.8 Å². The zero-order chi connectivity index (χ0) is 16.1. The normalized spacial score (nSPS) is 32.6. The Morgan fingerprint density at radius 3 is 2.57 bits per heavy atom. The maximum atomic E-state index is 10.4. The summed E-state index contributed by atoms with van der Waals surface area (Å²) in [6.07, 6.45) is 3.37. The van der Waals surface area contributed by atoms with Gasteiger partial charge in [-0.05, 0) is 37.6 Å². The highest BCUT2D eigenvalue weighted by atomic mass is 16.6. The Morgan fingerprint density at radius 2 is 1.87 bits per heavy atom. The fraction of sp³-hybridized carbons (Fsp3) is 0.556. The van der Waals surface area contributed by atoms with Gasteiger partial charge in [0.15, 0.2) is 17.8 Å². The Hall–Kier alpha value is -1.56. The minimum Gasteiger partial charge on any atom is -0.493 e. The summed E-state index contributed by atoms with van der Waals surface area (Å²) >= 11 is 0. The molecule has 2 aliphatic heterocycles. The van der Waals surface area contributed by atoms with Crippen molar-refractivity contribution in [1.82, 2.24) is 4.90 Å². The van der Waals surface area contributed by atoms with Crippen molar-refractivity contribution < 1.29 is 19.3 Å². The maximum Gasteiger partial charge on any atom is 0.181 e. The van der Waals surface area contributed by atoms with Crippen molar-refractivity contribution in [3.05, 3.63) is 34.9 Å². The Kier molecular flexibility index (Phi) is 3.59. The van der Waals surface area contributed by atoms with Gasteiger partial charge >= 0.3 is 0 Å². The predicted octanol–water partition coefficient (Wildman–Crippen LogP) is 2.21. The maximum absolute atomic E-state index is 10.4. The van der Waals surface area contributed by atoms with Gasteiger partial charge < -0.3 is 19.3 Å². The third-order valence-electron chi connectivity index (χ3n) is 5.48. The Balaban J connectivity index is 1.86. The van der Waals surface area contributed by atoms with Crippen LogP contribution in [0.1, 0.15) is 36.2 Å². The van der Waals surface area contributed by atoms with Crippen LogP contribution in [0.3, 0.4) is 0 Å². The van der Waals surface area contributed by atoms with Gasteiger partial charge in [0.25, 0.3) is 0 Å². The lowest BCUT2D eigenvalue weighted by molar-refractivity contribution is -0.162. The summed E-state index contributed by atoms with van der Waals surface area (Å²) in [4.78, 5) is 2.39. The summed E-state index contributed by atoms with van der Waals surface area (Å²) in [5.74, 6) is 1.55. The van der Waals surface area contributed by atoms with Crippen LogP contribution >= 0.6 is 0 Å². The van der Waals surface area contributed by atoms with Gasteiger partial charge in [-0.25, -0.2) is 0 Å². The number of methoxy groups -OCH3 is 2. The van der Waals surface area contributed by atoms with Crippen molar-refractivity contribution >= 4 is 0 Å². The van der Waals surface area contributed by atoms with Crippen LogP contribution in [0.4, 0.5) is 0 Å². The first-order valence-corrected chi connectivity index (χ1v) is 8.12. The topological polar surface area (TPSA) is 51.2 Å². The van der Waals surface area contributed by atoms with Crippen LogP contribution in [0, 0.1) is 0 Å². The van der Waals surface area contributed by atoms with Gasteiger partial charge in [0.1, 0.15) is 0 Å². The highest BCUT2D eigenvalue weighted by Crippen LogP contribution is 2.50. The summed E-state index contributed by atoms with van der Waals surface area (Å²) in [7, 11) is 5.42. The zero-order valence-corrected chi connectivity index (χ0v) is 13.8. The molecule has 1 N–H and O–H groups in total. The molecule has 0 saturated carbocycles. The molecule has 5 nitrogen and oxygen atoms in total. The molecule has 23 heavy (non-hydrogen) atoms. The largest absolute Gasteiger partial charge is 0.493 e. The molecular formula is C18H23NO4. The first-order valence-electron chi connectivity index (χ1n) is 8.12. The van der Waals surface area contributed by atoms with Gasteiger partial charge in [-0.3, -0.25) is 4.90 Å². The zero-order valence-electron chi connectivity index (χ0n) is 13.8. The monoisotopic (exact) mass is 317 g/mol. The Labute approximate surface area is 136 Å². The number of likely N-dealkylation sites (tertiary alicyclic amines) is 1. The van der Waals surface area contributed by atoms with Gasteiger partial charge in [-0.15, -0.1) is 0 Å². The van der Waals surface area contributed by atoms with Crippen LogP contribution in [0.15, 0.2) is 23.8 Å². The SMILES string of the molecule is COc1cc2c(cc1OC)[C@H](O)O[C@@H]1CC=C3CCN(C)[C@@H]3[C@H]21. The second-order valence-corrected chi connectivity index (χ2v) is 6.58. The molecule has 3 aliphatic rings. The molecule has 4 rings (SSSR count). The van der Waals surface area contributed by atoms with Crippen molar-refractivity contribution in [1.29, 1.82) is 0 Å². The van der Waals surface area contributed by atoms with E-state index in [1.165, 1.54) is 5.57 Å². The number of benzene rings is 1. The van der Waals surface area contributed by atoms with Gasteiger partial charge in [-0.1, -0.05) is 11.6 Å². The standard InChI is InChI=1S/C18H23NO4/c1-19-7-6-10-4-5-13-16(17(10)19)11-8-14(21-2)15(22-3)9-12(11)18(20)23-13/h4,8-9,13,16-18,20H,5-7H2,1-3H3/t13-,16-,17+,18-/m1/s1. The summed E-state index contributed by atoms with van der Waals surface area (Å²) < 4.78 is 16.8. The fourth-order valence-electron chi connectivity index (χ4n) is 4.38. The molecule has 2 heterocycles.